The number of hydrogen-bond donors (Lipinski definition) is 0. The van der Waals surface area contributed by atoms with Crippen LogP contribution in [0.1, 0.15) is 50.7 Å². The Morgan fingerprint density at radius 1 is 0.627 bits per heavy atom. The predicted octanol–water partition coefficient (Wildman–Crippen LogP) is 11.7. The topological polar surface area (TPSA) is 56.7 Å². The Morgan fingerprint density at radius 2 is 1.37 bits per heavy atom. The van der Waals surface area contributed by atoms with Crippen LogP contribution in [0, 0.1) is 12.1 Å². The van der Waals surface area contributed by atoms with Gasteiger partial charge in [-0.1, -0.05) is 99.3 Å². The molecule has 0 amide bonds. The van der Waals surface area contributed by atoms with E-state index in [0.717, 1.165) is 66.5 Å². The molecule has 5 nitrogen and oxygen atoms in total. The zero-order chi connectivity index (χ0) is 34.2. The molecule has 9 rings (SSSR count). The summed E-state index contributed by atoms with van der Waals surface area (Å²) in [6.07, 6.45) is 3.61. The molecule has 5 aromatic carbocycles. The van der Waals surface area contributed by atoms with E-state index in [-0.39, 0.29) is 20.1 Å². The van der Waals surface area contributed by atoms with Crippen molar-refractivity contribution in [2.75, 3.05) is 0 Å². The number of hydrogen-bond acceptors (Lipinski definition) is 4. The molecule has 0 aliphatic carbocycles. The fraction of sp³-hybridized carbons (Fsp3) is 0.133. The molecule has 0 saturated carbocycles. The van der Waals surface area contributed by atoms with Crippen LogP contribution in [0.3, 0.4) is 0 Å². The van der Waals surface area contributed by atoms with Gasteiger partial charge in [0.1, 0.15) is 11.1 Å². The third-order valence-corrected chi connectivity index (χ3v) is 9.17. The summed E-state index contributed by atoms with van der Waals surface area (Å²) < 4.78 is 8.97. The van der Waals surface area contributed by atoms with E-state index in [1.807, 2.05) is 66.9 Å². The van der Waals surface area contributed by atoms with Gasteiger partial charge in [0, 0.05) is 49.0 Å². The first-order chi connectivity index (χ1) is 24.5. The molecule has 0 saturated heterocycles. The molecule has 0 aliphatic heterocycles. The second kappa shape index (κ2) is 14.4. The van der Waals surface area contributed by atoms with Crippen LogP contribution >= 0.6 is 0 Å². The van der Waals surface area contributed by atoms with Gasteiger partial charge in [-0.3, -0.25) is 9.97 Å². The molecule has 253 valence electrons. The van der Waals surface area contributed by atoms with E-state index in [4.69, 9.17) is 9.40 Å². The minimum Gasteiger partial charge on any atom is -0.498 e. The summed E-state index contributed by atoms with van der Waals surface area (Å²) in [7, 11) is 0. The van der Waals surface area contributed by atoms with E-state index >= 15 is 0 Å². The van der Waals surface area contributed by atoms with Crippen molar-refractivity contribution in [3.63, 3.8) is 0 Å². The number of pyridine rings is 2. The van der Waals surface area contributed by atoms with E-state index in [1.54, 1.807) is 6.20 Å². The van der Waals surface area contributed by atoms with Crippen LogP contribution in [0.15, 0.2) is 138 Å². The number of fused-ring (bicyclic) bond motifs is 6. The molecule has 9 aromatic rings. The van der Waals surface area contributed by atoms with Crippen molar-refractivity contribution in [1.29, 1.82) is 0 Å². The second-order valence-corrected chi connectivity index (χ2v) is 13.1. The molecule has 4 heterocycles. The summed E-state index contributed by atoms with van der Waals surface area (Å²) in [6.45, 7) is 9.02. The maximum absolute atomic E-state index is 6.65. The fourth-order valence-corrected chi connectivity index (χ4v) is 6.77. The Hall–Kier alpha value is -5.42. The average Bonchev–Trinajstić information content (AvgIpc) is 3.74. The third kappa shape index (κ3) is 6.27. The van der Waals surface area contributed by atoms with Gasteiger partial charge >= 0.3 is 0 Å². The van der Waals surface area contributed by atoms with Gasteiger partial charge < -0.3 is 14.0 Å². The number of imidazole rings is 1. The first kappa shape index (κ1) is 34.0. The molecule has 0 spiro atoms. The Labute approximate surface area is 311 Å². The normalized spacial score (nSPS) is 11.3. The second-order valence-electron chi connectivity index (χ2n) is 13.1. The van der Waals surface area contributed by atoms with Crippen LogP contribution in [0.25, 0.3) is 72.2 Å². The molecule has 6 heteroatoms. The zero-order valence-corrected chi connectivity index (χ0v) is 31.3. The van der Waals surface area contributed by atoms with Crippen LogP contribution in [0.5, 0.6) is 0 Å². The summed E-state index contributed by atoms with van der Waals surface area (Å²) in [5.41, 5.74) is 11.1. The van der Waals surface area contributed by atoms with Crippen LogP contribution in [0.4, 0.5) is 0 Å². The van der Waals surface area contributed by atoms with E-state index in [9.17, 15) is 0 Å². The van der Waals surface area contributed by atoms with Crippen molar-refractivity contribution in [3.05, 3.63) is 157 Å². The van der Waals surface area contributed by atoms with E-state index in [0.29, 0.717) is 11.8 Å². The van der Waals surface area contributed by atoms with Crippen molar-refractivity contribution >= 4 is 43.9 Å². The van der Waals surface area contributed by atoms with Crippen molar-refractivity contribution in [2.24, 2.45) is 0 Å². The predicted molar refractivity (Wildman–Crippen MR) is 205 cm³/mol. The summed E-state index contributed by atoms with van der Waals surface area (Å²) in [5, 5.41) is 3.15. The van der Waals surface area contributed by atoms with Gasteiger partial charge in [0.25, 0.3) is 0 Å². The molecule has 0 fully saturated rings. The molecule has 0 unspecified atom stereocenters. The molecule has 0 aliphatic rings. The number of para-hydroxylation sites is 3. The minimum atomic E-state index is 0. The molecule has 0 bridgehead atoms. The van der Waals surface area contributed by atoms with Gasteiger partial charge in [-0.2, -0.15) is 0 Å². The summed E-state index contributed by atoms with van der Waals surface area (Å²) in [5.74, 6) is 1.53. The van der Waals surface area contributed by atoms with Gasteiger partial charge in [0.15, 0.2) is 0 Å². The first-order valence-electron chi connectivity index (χ1n) is 17.1. The Balaban J connectivity index is 0.000000265. The Bertz CT molecular complexity index is 2540. The van der Waals surface area contributed by atoms with Gasteiger partial charge in [0.05, 0.1) is 22.4 Å². The number of aromatic nitrogens is 4. The summed E-state index contributed by atoms with van der Waals surface area (Å²) in [4.78, 5) is 14.1. The number of benzene rings is 5. The van der Waals surface area contributed by atoms with Crippen LogP contribution < -0.4 is 0 Å². The first-order valence-corrected chi connectivity index (χ1v) is 17.1. The number of rotatable bonds is 5. The monoisotopic (exact) mass is 841 g/mol. The maximum atomic E-state index is 6.65. The molecule has 1 radical (unpaired) electrons. The fourth-order valence-electron chi connectivity index (χ4n) is 6.77. The minimum absolute atomic E-state index is 0. The summed E-state index contributed by atoms with van der Waals surface area (Å²) >= 11 is 0. The van der Waals surface area contributed by atoms with E-state index < -0.39 is 0 Å². The van der Waals surface area contributed by atoms with Crippen LogP contribution in [-0.2, 0) is 20.1 Å². The number of furan rings is 1. The molecular weight excluding hydrogens is 805 g/mol. The summed E-state index contributed by atoms with van der Waals surface area (Å²) in [6, 6.07) is 47.7. The molecule has 51 heavy (non-hydrogen) atoms. The van der Waals surface area contributed by atoms with Crippen molar-refractivity contribution in [2.45, 2.75) is 39.5 Å². The smallest absolute Gasteiger partial charge is 0.147 e. The van der Waals surface area contributed by atoms with Gasteiger partial charge in [0.2, 0.25) is 0 Å². The Morgan fingerprint density at radius 3 is 2.12 bits per heavy atom. The molecule has 0 N–H and O–H groups in total. The van der Waals surface area contributed by atoms with Gasteiger partial charge in [-0.15, -0.1) is 54.1 Å². The van der Waals surface area contributed by atoms with Crippen LogP contribution in [-0.4, -0.2) is 19.5 Å². The largest absolute Gasteiger partial charge is 0.498 e. The standard InChI is InChI=1S/C34H28N3O.C11H8N.Ir/c1-20(2)23-11-7-12-24(21(3)4)31(23)37-29-16-6-5-15-28(29)36-34(37)27-14-8-13-25-26-18-17-22-10-9-19-35-30(22)33(26)38-32(25)27;1-2-6-10(7-3-1)11-8-4-5-9-12-11;/h5-13,15-21H,1-4H3;1-6,8-9H;/q2*-1;. The van der Waals surface area contributed by atoms with Gasteiger partial charge in [-0.05, 0) is 52.9 Å². The van der Waals surface area contributed by atoms with Crippen molar-refractivity contribution < 1.29 is 24.5 Å². The zero-order valence-electron chi connectivity index (χ0n) is 28.9. The molecular formula is C45H36IrN4O-2. The maximum Gasteiger partial charge on any atom is 0.147 e. The molecule has 0 atom stereocenters. The average molecular weight is 841 g/mol. The van der Waals surface area contributed by atoms with Crippen LogP contribution in [0.2, 0.25) is 0 Å². The molecule has 4 aromatic heterocycles. The quantitative estimate of drug-likeness (QED) is 0.162. The number of nitrogens with zero attached hydrogens (tertiary/aromatic N) is 4. The Kier molecular flexibility index (Phi) is 9.64. The van der Waals surface area contributed by atoms with Gasteiger partial charge in [-0.25, -0.2) is 0 Å². The van der Waals surface area contributed by atoms with E-state index in [2.05, 4.69) is 115 Å². The van der Waals surface area contributed by atoms with Crippen molar-refractivity contribution in [3.8, 4) is 28.3 Å². The SMILES string of the molecule is CC(C)c1cccc(C(C)C)c1-n1c(-c2[c-]ccc3c2oc2c3ccc3cccnc32)nc2ccccc21.[Ir].[c-]1ccccc1-c1ccccn1. The van der Waals surface area contributed by atoms with Crippen molar-refractivity contribution in [1.82, 2.24) is 19.5 Å². The van der Waals surface area contributed by atoms with E-state index in [1.165, 1.54) is 16.8 Å². The third-order valence-electron chi connectivity index (χ3n) is 9.17.